The van der Waals surface area contributed by atoms with E-state index in [0.717, 1.165) is 10.2 Å². The van der Waals surface area contributed by atoms with Crippen LogP contribution in [-0.4, -0.2) is 25.8 Å². The van der Waals surface area contributed by atoms with E-state index in [1.54, 1.807) is 24.3 Å². The summed E-state index contributed by atoms with van der Waals surface area (Å²) in [5.41, 5.74) is 0.0653. The molecule has 0 radical (unpaired) electrons. The van der Waals surface area contributed by atoms with Gasteiger partial charge in [-0.1, -0.05) is 30.3 Å². The molecule has 98 valence electrons. The van der Waals surface area contributed by atoms with Crippen LogP contribution in [0.3, 0.4) is 0 Å². The predicted octanol–water partition coefficient (Wildman–Crippen LogP) is 1.85. The number of aromatic carboxylic acids is 1. The first-order valence-corrected chi connectivity index (χ1v) is 5.49. The zero-order valence-electron chi connectivity index (χ0n) is 10.1. The zero-order chi connectivity index (χ0) is 14.0. The Labute approximate surface area is 108 Å². The molecule has 7 heteroatoms. The second kappa shape index (κ2) is 4.89. The number of hydrogen-bond acceptors (Lipinski definition) is 4. The number of carbonyl (C=O) groups is 1. The number of rotatable bonds is 4. The first kappa shape index (κ1) is 12.7. The molecule has 7 nitrogen and oxygen atoms in total. The highest BCUT2D eigenvalue weighted by Crippen LogP contribution is 2.23. The van der Waals surface area contributed by atoms with Crippen LogP contribution >= 0.6 is 0 Å². The third kappa shape index (κ3) is 2.44. The first-order valence-electron chi connectivity index (χ1n) is 5.49. The number of benzene rings is 1. The lowest BCUT2D eigenvalue weighted by molar-refractivity contribution is -0.385. The van der Waals surface area contributed by atoms with E-state index in [0.29, 0.717) is 0 Å². The lowest BCUT2D eigenvalue weighted by atomic mass is 10.2. The summed E-state index contributed by atoms with van der Waals surface area (Å²) in [6.45, 7) is 1.60. The molecule has 19 heavy (non-hydrogen) atoms. The fraction of sp³-hybridized carbons (Fsp3) is 0.167. The van der Waals surface area contributed by atoms with Gasteiger partial charge < -0.3 is 5.11 Å². The topological polar surface area (TPSA) is 98.3 Å². The molecule has 0 atom stereocenters. The Hall–Kier alpha value is -2.70. The van der Waals surface area contributed by atoms with Crippen LogP contribution in [0.15, 0.2) is 30.3 Å². The Morgan fingerprint density at radius 3 is 2.58 bits per heavy atom. The van der Waals surface area contributed by atoms with Gasteiger partial charge in [-0.25, -0.2) is 9.48 Å². The number of carboxylic acid groups (broad SMARTS) is 1. The lowest BCUT2D eigenvalue weighted by Gasteiger charge is -2.03. The Bertz CT molecular complexity index is 634. The fourth-order valence-electron chi connectivity index (χ4n) is 1.87. The summed E-state index contributed by atoms with van der Waals surface area (Å²) in [4.78, 5) is 21.4. The van der Waals surface area contributed by atoms with E-state index >= 15 is 0 Å². The van der Waals surface area contributed by atoms with Gasteiger partial charge in [-0.15, -0.1) is 0 Å². The van der Waals surface area contributed by atoms with E-state index in [4.69, 9.17) is 5.11 Å². The van der Waals surface area contributed by atoms with E-state index in [-0.39, 0.29) is 12.2 Å². The van der Waals surface area contributed by atoms with Gasteiger partial charge >= 0.3 is 11.7 Å². The van der Waals surface area contributed by atoms with Gasteiger partial charge in [0.1, 0.15) is 5.69 Å². The normalized spacial score (nSPS) is 10.4. The summed E-state index contributed by atoms with van der Waals surface area (Å²) >= 11 is 0. The molecule has 0 unspecified atom stereocenters. The molecule has 0 spiro atoms. The standard InChI is InChI=1S/C12H11N3O4/c1-8-10(15(18)19)11(12(16)17)14(13-8)7-9-5-3-2-4-6-9/h2-6H,7H2,1H3,(H,16,17). The van der Waals surface area contributed by atoms with E-state index in [9.17, 15) is 14.9 Å². The summed E-state index contributed by atoms with van der Waals surface area (Å²) < 4.78 is 1.14. The van der Waals surface area contributed by atoms with Crippen LogP contribution < -0.4 is 0 Å². The van der Waals surface area contributed by atoms with E-state index in [1.165, 1.54) is 6.92 Å². The summed E-state index contributed by atoms with van der Waals surface area (Å²) in [5, 5.41) is 24.0. The number of aromatic nitrogens is 2. The number of hydrogen-bond donors (Lipinski definition) is 1. The highest BCUT2D eigenvalue weighted by atomic mass is 16.6. The maximum Gasteiger partial charge on any atom is 0.361 e. The maximum atomic E-state index is 11.2. The van der Waals surface area contributed by atoms with Crippen molar-refractivity contribution in [3.05, 3.63) is 57.4 Å². The van der Waals surface area contributed by atoms with Crippen LogP contribution in [0.1, 0.15) is 21.7 Å². The Morgan fingerprint density at radius 1 is 1.42 bits per heavy atom. The molecule has 2 rings (SSSR count). The molecule has 1 aromatic carbocycles. The predicted molar refractivity (Wildman–Crippen MR) is 66.1 cm³/mol. The zero-order valence-corrected chi connectivity index (χ0v) is 10.1. The molecule has 0 saturated carbocycles. The molecule has 1 heterocycles. The summed E-state index contributed by atoms with van der Waals surface area (Å²) in [6.07, 6.45) is 0. The Kier molecular flexibility index (Phi) is 3.28. The minimum atomic E-state index is -1.36. The highest BCUT2D eigenvalue weighted by Gasteiger charge is 2.30. The number of carboxylic acids is 1. The van der Waals surface area contributed by atoms with Crippen LogP contribution in [-0.2, 0) is 6.54 Å². The van der Waals surface area contributed by atoms with Crippen molar-refractivity contribution in [1.82, 2.24) is 9.78 Å². The van der Waals surface area contributed by atoms with Gasteiger partial charge in [-0.3, -0.25) is 10.1 Å². The maximum absolute atomic E-state index is 11.2. The summed E-state index contributed by atoms with van der Waals surface area (Å²) in [6, 6.07) is 9.04. The third-order valence-electron chi connectivity index (χ3n) is 2.66. The quantitative estimate of drug-likeness (QED) is 0.668. The molecule has 0 fully saturated rings. The fourth-order valence-corrected chi connectivity index (χ4v) is 1.87. The van der Waals surface area contributed by atoms with Gasteiger partial charge in [0.05, 0.1) is 11.5 Å². The second-order valence-corrected chi connectivity index (χ2v) is 3.99. The molecular formula is C12H11N3O4. The van der Waals surface area contributed by atoms with Crippen molar-refractivity contribution in [3.63, 3.8) is 0 Å². The Balaban J connectivity index is 2.49. The second-order valence-electron chi connectivity index (χ2n) is 3.99. The van der Waals surface area contributed by atoms with Crippen LogP contribution in [0, 0.1) is 17.0 Å². The Morgan fingerprint density at radius 2 is 2.05 bits per heavy atom. The lowest BCUT2D eigenvalue weighted by Crippen LogP contribution is -2.12. The number of nitrogens with zero attached hydrogens (tertiary/aromatic N) is 3. The monoisotopic (exact) mass is 261 g/mol. The molecular weight excluding hydrogens is 250 g/mol. The SMILES string of the molecule is Cc1nn(Cc2ccccc2)c(C(=O)O)c1[N+](=O)[O-]. The van der Waals surface area contributed by atoms with Crippen LogP contribution in [0.5, 0.6) is 0 Å². The largest absolute Gasteiger partial charge is 0.476 e. The summed E-state index contributed by atoms with van der Waals surface area (Å²) in [7, 11) is 0. The molecule has 0 aliphatic heterocycles. The van der Waals surface area contributed by atoms with E-state index in [2.05, 4.69) is 5.10 Å². The van der Waals surface area contributed by atoms with Crippen molar-refractivity contribution in [2.45, 2.75) is 13.5 Å². The highest BCUT2D eigenvalue weighted by molar-refractivity contribution is 5.91. The smallest absolute Gasteiger partial charge is 0.361 e. The van der Waals surface area contributed by atoms with E-state index in [1.807, 2.05) is 6.07 Å². The average Bonchev–Trinajstić information content (AvgIpc) is 2.67. The molecule has 2 aromatic rings. The molecule has 0 amide bonds. The average molecular weight is 261 g/mol. The van der Waals surface area contributed by atoms with Gasteiger partial charge in [0.2, 0.25) is 5.69 Å². The van der Waals surface area contributed by atoms with Crippen molar-refractivity contribution in [3.8, 4) is 0 Å². The molecule has 0 aliphatic carbocycles. The van der Waals surface area contributed by atoms with Crippen LogP contribution in [0.2, 0.25) is 0 Å². The van der Waals surface area contributed by atoms with Gasteiger partial charge in [-0.05, 0) is 12.5 Å². The van der Waals surface area contributed by atoms with Crippen molar-refractivity contribution in [2.75, 3.05) is 0 Å². The van der Waals surface area contributed by atoms with Gasteiger partial charge in [0.15, 0.2) is 0 Å². The molecule has 1 N–H and O–H groups in total. The number of nitro groups is 1. The van der Waals surface area contributed by atoms with Crippen molar-refractivity contribution in [1.29, 1.82) is 0 Å². The molecule has 0 aliphatic rings. The minimum Gasteiger partial charge on any atom is -0.476 e. The van der Waals surface area contributed by atoms with Gasteiger partial charge in [0, 0.05) is 0 Å². The third-order valence-corrected chi connectivity index (χ3v) is 2.66. The van der Waals surface area contributed by atoms with Crippen molar-refractivity contribution in [2.24, 2.45) is 0 Å². The van der Waals surface area contributed by atoms with E-state index < -0.39 is 22.3 Å². The minimum absolute atomic E-state index is 0.0957. The molecule has 1 aromatic heterocycles. The number of aryl methyl sites for hydroxylation is 1. The van der Waals surface area contributed by atoms with Crippen molar-refractivity contribution >= 4 is 11.7 Å². The molecule has 0 saturated heterocycles. The summed E-state index contributed by atoms with van der Waals surface area (Å²) in [5.74, 6) is -1.36. The van der Waals surface area contributed by atoms with Gasteiger partial charge in [-0.2, -0.15) is 5.10 Å². The van der Waals surface area contributed by atoms with Gasteiger partial charge in [0.25, 0.3) is 0 Å². The van der Waals surface area contributed by atoms with Crippen LogP contribution in [0.4, 0.5) is 5.69 Å². The van der Waals surface area contributed by atoms with Crippen LogP contribution in [0.25, 0.3) is 0 Å². The van der Waals surface area contributed by atoms with Crippen molar-refractivity contribution < 1.29 is 14.8 Å². The molecule has 0 bridgehead atoms. The first-order chi connectivity index (χ1) is 9.00.